The number of aromatic amines is 2. The van der Waals surface area contributed by atoms with Gasteiger partial charge in [0.05, 0.1) is 10.9 Å². The number of nitrogens with one attached hydrogen (secondary N) is 3. The molecule has 2 heterocycles. The molecule has 0 saturated carbocycles. The van der Waals surface area contributed by atoms with E-state index in [9.17, 15) is 9.59 Å². The van der Waals surface area contributed by atoms with Crippen molar-refractivity contribution in [1.82, 2.24) is 15.2 Å². The Kier molecular flexibility index (Phi) is 4.00. The van der Waals surface area contributed by atoms with Crippen LogP contribution in [-0.4, -0.2) is 27.5 Å². The first-order chi connectivity index (χ1) is 10.7. The molecule has 0 saturated heterocycles. The van der Waals surface area contributed by atoms with E-state index < -0.39 is 0 Å². The Morgan fingerprint density at radius 1 is 1.18 bits per heavy atom. The van der Waals surface area contributed by atoms with E-state index in [1.54, 1.807) is 12.3 Å². The SMILES string of the molecule is O=C(CCNc1ccccn1)Cc1ccc2c(=O)[nH][nH]c2c1. The number of hydrogen-bond acceptors (Lipinski definition) is 4. The average Bonchev–Trinajstić information content (AvgIpc) is 2.89. The van der Waals surface area contributed by atoms with Gasteiger partial charge in [-0.15, -0.1) is 0 Å². The Morgan fingerprint density at radius 3 is 2.91 bits per heavy atom. The van der Waals surface area contributed by atoms with Crippen LogP contribution in [-0.2, 0) is 11.2 Å². The third-order valence-corrected chi connectivity index (χ3v) is 3.42. The lowest BCUT2D eigenvalue weighted by Crippen LogP contribution is -2.11. The van der Waals surface area contributed by atoms with Crippen molar-refractivity contribution in [3.8, 4) is 0 Å². The van der Waals surface area contributed by atoms with Gasteiger partial charge in [-0.1, -0.05) is 12.1 Å². The van der Waals surface area contributed by atoms with Gasteiger partial charge in [-0.25, -0.2) is 4.98 Å². The number of fused-ring (bicyclic) bond motifs is 1. The number of benzene rings is 1. The number of H-pyrrole nitrogens is 2. The molecule has 0 bridgehead atoms. The van der Waals surface area contributed by atoms with Crippen LogP contribution in [0.4, 0.5) is 5.82 Å². The zero-order valence-corrected chi connectivity index (χ0v) is 11.9. The summed E-state index contributed by atoms with van der Waals surface area (Å²) in [6.07, 6.45) is 2.49. The van der Waals surface area contributed by atoms with Crippen molar-refractivity contribution >= 4 is 22.5 Å². The van der Waals surface area contributed by atoms with Crippen molar-refractivity contribution < 1.29 is 4.79 Å². The lowest BCUT2D eigenvalue weighted by Gasteiger charge is -2.05. The average molecular weight is 296 g/mol. The summed E-state index contributed by atoms with van der Waals surface area (Å²) < 4.78 is 0. The molecule has 0 amide bonds. The second-order valence-corrected chi connectivity index (χ2v) is 5.07. The fourth-order valence-corrected chi connectivity index (χ4v) is 2.31. The van der Waals surface area contributed by atoms with Crippen LogP contribution >= 0.6 is 0 Å². The van der Waals surface area contributed by atoms with E-state index >= 15 is 0 Å². The van der Waals surface area contributed by atoms with Gasteiger partial charge in [0.25, 0.3) is 5.56 Å². The molecule has 3 N–H and O–H groups in total. The maximum absolute atomic E-state index is 12.0. The minimum atomic E-state index is -0.146. The molecule has 22 heavy (non-hydrogen) atoms. The molecule has 0 spiro atoms. The first kappa shape index (κ1) is 14.1. The van der Waals surface area contributed by atoms with Crippen molar-refractivity contribution in [1.29, 1.82) is 0 Å². The highest BCUT2D eigenvalue weighted by molar-refractivity contribution is 5.84. The van der Waals surface area contributed by atoms with E-state index in [4.69, 9.17) is 0 Å². The van der Waals surface area contributed by atoms with Crippen molar-refractivity contribution in [2.75, 3.05) is 11.9 Å². The number of rotatable bonds is 6. The van der Waals surface area contributed by atoms with E-state index in [1.165, 1.54) is 0 Å². The van der Waals surface area contributed by atoms with Gasteiger partial charge < -0.3 is 5.32 Å². The molecule has 0 fully saturated rings. The van der Waals surface area contributed by atoms with E-state index in [2.05, 4.69) is 20.5 Å². The fourth-order valence-electron chi connectivity index (χ4n) is 2.31. The standard InChI is InChI=1S/C16H16N4O2/c21-12(6-8-18-15-3-1-2-7-17-15)9-11-4-5-13-14(10-11)19-20-16(13)22/h1-5,7,10H,6,8-9H2,(H,17,18)(H2,19,20,22). The van der Waals surface area contributed by atoms with Crippen LogP contribution in [0.25, 0.3) is 10.9 Å². The molecule has 6 nitrogen and oxygen atoms in total. The highest BCUT2D eigenvalue weighted by atomic mass is 16.1. The van der Waals surface area contributed by atoms with Crippen LogP contribution in [0.5, 0.6) is 0 Å². The molecule has 2 aromatic heterocycles. The Hall–Kier alpha value is -2.89. The maximum atomic E-state index is 12.0. The lowest BCUT2D eigenvalue weighted by molar-refractivity contribution is -0.118. The van der Waals surface area contributed by atoms with Crippen LogP contribution in [0.15, 0.2) is 47.4 Å². The van der Waals surface area contributed by atoms with Crippen LogP contribution < -0.4 is 10.9 Å². The Morgan fingerprint density at radius 2 is 2.09 bits per heavy atom. The molecule has 0 aliphatic carbocycles. The second-order valence-electron chi connectivity index (χ2n) is 5.07. The summed E-state index contributed by atoms with van der Waals surface area (Å²) in [5.41, 5.74) is 1.47. The number of aromatic nitrogens is 3. The normalized spacial score (nSPS) is 10.7. The monoisotopic (exact) mass is 296 g/mol. The van der Waals surface area contributed by atoms with Gasteiger partial charge in [0, 0.05) is 25.6 Å². The number of nitrogens with zero attached hydrogens (tertiary/aromatic N) is 1. The predicted molar refractivity (Wildman–Crippen MR) is 85.0 cm³/mol. The minimum Gasteiger partial charge on any atom is -0.370 e. The Balaban J connectivity index is 1.55. The van der Waals surface area contributed by atoms with Crippen molar-refractivity contribution in [3.63, 3.8) is 0 Å². The molecular weight excluding hydrogens is 280 g/mol. The van der Waals surface area contributed by atoms with Gasteiger partial charge in [0.1, 0.15) is 11.6 Å². The summed E-state index contributed by atoms with van der Waals surface area (Å²) in [6, 6.07) is 11.0. The number of Topliss-reactive ketones (excluding diaryl/α,β-unsaturated/α-hetero) is 1. The van der Waals surface area contributed by atoms with Crippen molar-refractivity contribution in [2.45, 2.75) is 12.8 Å². The summed E-state index contributed by atoms with van der Waals surface area (Å²) in [7, 11) is 0. The van der Waals surface area contributed by atoms with Gasteiger partial charge >= 0.3 is 0 Å². The van der Waals surface area contributed by atoms with Crippen LogP contribution in [0.2, 0.25) is 0 Å². The molecule has 3 rings (SSSR count). The van der Waals surface area contributed by atoms with E-state index in [-0.39, 0.29) is 11.3 Å². The number of anilines is 1. The molecule has 112 valence electrons. The molecular formula is C16H16N4O2. The molecule has 0 atom stereocenters. The second kappa shape index (κ2) is 6.26. The largest absolute Gasteiger partial charge is 0.370 e. The summed E-state index contributed by atoms with van der Waals surface area (Å²) in [5, 5.41) is 9.04. The van der Waals surface area contributed by atoms with E-state index in [1.807, 2.05) is 30.3 Å². The molecule has 0 aliphatic heterocycles. The molecule has 0 aliphatic rings. The number of hydrogen-bond donors (Lipinski definition) is 3. The fraction of sp³-hybridized carbons (Fsp3) is 0.188. The molecule has 0 radical (unpaired) electrons. The first-order valence-corrected chi connectivity index (χ1v) is 7.08. The van der Waals surface area contributed by atoms with Gasteiger partial charge in [-0.05, 0) is 29.8 Å². The number of carbonyl (C=O) groups is 1. The van der Waals surface area contributed by atoms with Crippen LogP contribution in [0.3, 0.4) is 0 Å². The molecule has 6 heteroatoms. The van der Waals surface area contributed by atoms with Crippen LogP contribution in [0, 0.1) is 0 Å². The van der Waals surface area contributed by atoms with Gasteiger partial charge in [0.2, 0.25) is 0 Å². The minimum absolute atomic E-state index is 0.140. The highest BCUT2D eigenvalue weighted by Gasteiger charge is 2.06. The zero-order valence-electron chi connectivity index (χ0n) is 11.9. The summed E-state index contributed by atoms with van der Waals surface area (Å²) in [4.78, 5) is 27.6. The third-order valence-electron chi connectivity index (χ3n) is 3.42. The van der Waals surface area contributed by atoms with Crippen LogP contribution in [0.1, 0.15) is 12.0 Å². The first-order valence-electron chi connectivity index (χ1n) is 7.08. The van der Waals surface area contributed by atoms with Crippen molar-refractivity contribution in [2.24, 2.45) is 0 Å². The predicted octanol–water partition coefficient (Wildman–Crippen LogP) is 1.86. The number of ketones is 1. The number of pyridine rings is 1. The smallest absolute Gasteiger partial charge is 0.271 e. The Labute approximate surface area is 126 Å². The maximum Gasteiger partial charge on any atom is 0.271 e. The summed E-state index contributed by atoms with van der Waals surface area (Å²) in [5.74, 6) is 0.905. The van der Waals surface area contributed by atoms with Crippen molar-refractivity contribution in [3.05, 3.63) is 58.5 Å². The number of carbonyl (C=O) groups excluding carboxylic acids is 1. The third kappa shape index (κ3) is 3.22. The highest BCUT2D eigenvalue weighted by Crippen LogP contribution is 2.11. The van der Waals surface area contributed by atoms with Gasteiger partial charge in [0.15, 0.2) is 0 Å². The summed E-state index contributed by atoms with van der Waals surface area (Å²) in [6.45, 7) is 0.555. The zero-order chi connectivity index (χ0) is 15.4. The lowest BCUT2D eigenvalue weighted by atomic mass is 10.1. The quantitative estimate of drug-likeness (QED) is 0.647. The van der Waals surface area contributed by atoms with E-state index in [0.29, 0.717) is 24.8 Å². The topological polar surface area (TPSA) is 90.6 Å². The summed E-state index contributed by atoms with van der Waals surface area (Å²) >= 11 is 0. The molecule has 1 aromatic carbocycles. The van der Waals surface area contributed by atoms with Gasteiger partial charge in [-0.2, -0.15) is 0 Å². The molecule has 3 aromatic rings. The Bertz CT molecular complexity index is 836. The van der Waals surface area contributed by atoms with E-state index in [0.717, 1.165) is 16.9 Å². The molecule has 0 unspecified atom stereocenters. The van der Waals surface area contributed by atoms with Gasteiger partial charge in [-0.3, -0.25) is 19.8 Å².